The Morgan fingerprint density at radius 3 is 1.30 bits per heavy atom. The molecule has 9 nitrogen and oxygen atoms in total. The highest BCUT2D eigenvalue weighted by atomic mass is 16.6. The molecular weight excluding hydrogens is 396 g/mol. The van der Waals surface area contributed by atoms with E-state index in [1.807, 2.05) is 20.8 Å². The first kappa shape index (κ1) is 24.3. The van der Waals surface area contributed by atoms with Gasteiger partial charge in [-0.25, -0.2) is 0 Å². The zero-order valence-electron chi connectivity index (χ0n) is 18.5. The van der Waals surface area contributed by atoms with E-state index in [4.69, 9.17) is 42.6 Å². The van der Waals surface area contributed by atoms with Crippen molar-refractivity contribution >= 4 is 0 Å². The highest BCUT2D eigenvalue weighted by Crippen LogP contribution is 2.12. The molecule has 0 aromatic rings. The smallest absolute Gasteiger partial charge is 0.104 e. The lowest BCUT2D eigenvalue weighted by Crippen LogP contribution is -2.32. The summed E-state index contributed by atoms with van der Waals surface area (Å²) in [6, 6.07) is 0. The molecule has 0 bridgehead atoms. The topological polar surface area (TPSA) is 93.0 Å². The van der Waals surface area contributed by atoms with E-state index >= 15 is 0 Å². The average molecular weight is 435 g/mol. The van der Waals surface area contributed by atoms with Crippen LogP contribution in [0.25, 0.3) is 0 Å². The van der Waals surface area contributed by atoms with Crippen LogP contribution in [0.15, 0.2) is 0 Å². The van der Waals surface area contributed by atoms with E-state index in [0.717, 1.165) is 19.8 Å². The molecule has 3 heterocycles. The van der Waals surface area contributed by atoms with Crippen molar-refractivity contribution in [2.75, 3.05) is 72.7 Å². The zero-order valence-corrected chi connectivity index (χ0v) is 18.5. The summed E-state index contributed by atoms with van der Waals surface area (Å²) in [5, 5.41) is 0. The van der Waals surface area contributed by atoms with Gasteiger partial charge in [-0.05, 0) is 20.8 Å². The van der Waals surface area contributed by atoms with Crippen LogP contribution in [0.2, 0.25) is 0 Å². The standard InChI is InChI=1S/C21H38O9/c1-15(24-9-19-12-28-19)4-22-7-18(27-6-17(3)26-11-21-14-30-21)8-23-5-16(2)25-10-20-13-29-20/h15-21H,4-14H2,1-3H3/t15-,16+,17-,18?,19+,20-,21-/m0/s1. The SMILES string of the molecule is C[C@H](COCC(COC[C@H](C)OC[C@@H]1CO1)OC[C@H](C)OC[C@H]1CO1)OC[C@H]1CO1. The molecule has 9 heteroatoms. The normalized spacial score (nSPS) is 28.7. The Balaban J connectivity index is 1.28. The van der Waals surface area contributed by atoms with Crippen LogP contribution in [0.1, 0.15) is 20.8 Å². The van der Waals surface area contributed by atoms with Gasteiger partial charge < -0.3 is 42.6 Å². The quantitative estimate of drug-likeness (QED) is 0.258. The van der Waals surface area contributed by atoms with Crippen molar-refractivity contribution in [3.05, 3.63) is 0 Å². The van der Waals surface area contributed by atoms with Crippen molar-refractivity contribution in [1.29, 1.82) is 0 Å². The summed E-state index contributed by atoms with van der Waals surface area (Å²) in [4.78, 5) is 0. The lowest BCUT2D eigenvalue weighted by atomic mass is 10.3. The number of hydrogen-bond acceptors (Lipinski definition) is 9. The molecule has 1 unspecified atom stereocenters. The predicted octanol–water partition coefficient (Wildman–Crippen LogP) is 0.817. The van der Waals surface area contributed by atoms with Gasteiger partial charge >= 0.3 is 0 Å². The van der Waals surface area contributed by atoms with Crippen LogP contribution < -0.4 is 0 Å². The van der Waals surface area contributed by atoms with E-state index in [9.17, 15) is 0 Å². The minimum absolute atomic E-state index is 0.00892. The van der Waals surface area contributed by atoms with Gasteiger partial charge in [-0.1, -0.05) is 0 Å². The number of ether oxygens (including phenoxy) is 9. The van der Waals surface area contributed by atoms with E-state index in [1.165, 1.54) is 0 Å². The number of rotatable bonds is 20. The maximum Gasteiger partial charge on any atom is 0.104 e. The molecule has 0 N–H and O–H groups in total. The molecule has 0 amide bonds. The molecule has 7 atom stereocenters. The molecule has 3 fully saturated rings. The predicted molar refractivity (Wildman–Crippen MR) is 107 cm³/mol. The summed E-state index contributed by atoms with van der Waals surface area (Å²) in [6.07, 6.45) is 0.582. The van der Waals surface area contributed by atoms with E-state index in [0.29, 0.717) is 52.9 Å². The highest BCUT2D eigenvalue weighted by Gasteiger charge is 2.25. The van der Waals surface area contributed by atoms with Crippen LogP contribution >= 0.6 is 0 Å². The Hall–Kier alpha value is -0.360. The molecule has 0 saturated carbocycles. The summed E-state index contributed by atoms with van der Waals surface area (Å²) < 4.78 is 50.2. The molecule has 0 radical (unpaired) electrons. The van der Waals surface area contributed by atoms with E-state index < -0.39 is 0 Å². The van der Waals surface area contributed by atoms with Crippen LogP contribution in [0, 0.1) is 0 Å². The lowest BCUT2D eigenvalue weighted by molar-refractivity contribution is -0.109. The van der Waals surface area contributed by atoms with Gasteiger partial charge in [0.1, 0.15) is 24.4 Å². The van der Waals surface area contributed by atoms with Crippen molar-refractivity contribution in [3.8, 4) is 0 Å². The van der Waals surface area contributed by atoms with Crippen LogP contribution in [0.5, 0.6) is 0 Å². The molecule has 3 aliphatic heterocycles. The van der Waals surface area contributed by atoms with Gasteiger partial charge in [0.25, 0.3) is 0 Å². The van der Waals surface area contributed by atoms with Crippen LogP contribution in [-0.2, 0) is 42.6 Å². The fourth-order valence-corrected chi connectivity index (χ4v) is 2.60. The number of epoxide rings is 3. The van der Waals surface area contributed by atoms with Gasteiger partial charge in [-0.3, -0.25) is 0 Å². The molecule has 0 spiro atoms. The van der Waals surface area contributed by atoms with Gasteiger partial charge in [-0.2, -0.15) is 0 Å². The third kappa shape index (κ3) is 11.9. The molecule has 0 aliphatic carbocycles. The van der Waals surface area contributed by atoms with Gasteiger partial charge in [0.05, 0.1) is 91.0 Å². The average Bonchev–Trinajstić information content (AvgIpc) is 3.56. The van der Waals surface area contributed by atoms with Crippen molar-refractivity contribution in [2.24, 2.45) is 0 Å². The lowest BCUT2D eigenvalue weighted by Gasteiger charge is -2.22. The molecule has 3 aliphatic rings. The Morgan fingerprint density at radius 1 is 0.567 bits per heavy atom. The molecule has 0 aromatic carbocycles. The molecule has 176 valence electrons. The Labute approximate surface area is 179 Å². The van der Waals surface area contributed by atoms with E-state index in [2.05, 4.69) is 0 Å². The fourth-order valence-electron chi connectivity index (χ4n) is 2.60. The molecule has 0 aromatic heterocycles. The van der Waals surface area contributed by atoms with Crippen LogP contribution in [0.4, 0.5) is 0 Å². The van der Waals surface area contributed by atoms with Crippen LogP contribution in [-0.4, -0.2) is 115 Å². The van der Waals surface area contributed by atoms with Crippen molar-refractivity contribution in [3.63, 3.8) is 0 Å². The monoisotopic (exact) mass is 434 g/mol. The minimum Gasteiger partial charge on any atom is -0.376 e. The number of hydrogen-bond donors (Lipinski definition) is 0. The second-order valence-corrected chi connectivity index (χ2v) is 8.33. The molecule has 3 saturated heterocycles. The zero-order chi connectivity index (χ0) is 21.2. The summed E-state index contributed by atoms with van der Waals surface area (Å²) in [6.45, 7) is 12.5. The molecule has 3 rings (SSSR count). The van der Waals surface area contributed by atoms with Crippen LogP contribution in [0.3, 0.4) is 0 Å². The molecule has 30 heavy (non-hydrogen) atoms. The Bertz CT molecular complexity index is 426. The van der Waals surface area contributed by atoms with Gasteiger partial charge in [0, 0.05) is 0 Å². The first-order valence-electron chi connectivity index (χ1n) is 11.0. The third-order valence-electron chi connectivity index (χ3n) is 4.79. The summed E-state index contributed by atoms with van der Waals surface area (Å²) in [5.41, 5.74) is 0. The first-order valence-corrected chi connectivity index (χ1v) is 11.0. The van der Waals surface area contributed by atoms with E-state index in [-0.39, 0.29) is 42.7 Å². The molecular formula is C21H38O9. The van der Waals surface area contributed by atoms with Crippen molar-refractivity contribution in [1.82, 2.24) is 0 Å². The summed E-state index contributed by atoms with van der Waals surface area (Å²) in [5.74, 6) is 0. The van der Waals surface area contributed by atoms with Gasteiger partial charge in [-0.15, -0.1) is 0 Å². The third-order valence-corrected chi connectivity index (χ3v) is 4.79. The van der Waals surface area contributed by atoms with E-state index in [1.54, 1.807) is 0 Å². The maximum atomic E-state index is 6.00. The van der Waals surface area contributed by atoms with Crippen molar-refractivity contribution < 1.29 is 42.6 Å². The maximum absolute atomic E-state index is 6.00. The van der Waals surface area contributed by atoms with Gasteiger partial charge in [0.2, 0.25) is 0 Å². The Kier molecular flexibility index (Phi) is 10.7. The highest BCUT2D eigenvalue weighted by molar-refractivity contribution is 4.70. The second-order valence-electron chi connectivity index (χ2n) is 8.33. The summed E-state index contributed by atoms with van der Waals surface area (Å²) in [7, 11) is 0. The van der Waals surface area contributed by atoms with Gasteiger partial charge in [0.15, 0.2) is 0 Å². The first-order chi connectivity index (χ1) is 14.6. The largest absolute Gasteiger partial charge is 0.376 e. The summed E-state index contributed by atoms with van der Waals surface area (Å²) >= 11 is 0. The Morgan fingerprint density at radius 2 is 0.933 bits per heavy atom. The minimum atomic E-state index is -0.189. The second kappa shape index (κ2) is 13.2. The van der Waals surface area contributed by atoms with Crippen molar-refractivity contribution in [2.45, 2.75) is 63.5 Å². The fraction of sp³-hybridized carbons (Fsp3) is 1.00.